The zero-order valence-electron chi connectivity index (χ0n) is 11.6. The lowest BCUT2D eigenvalue weighted by atomic mass is 10.1. The molecule has 8 heteroatoms. The highest BCUT2D eigenvalue weighted by Crippen LogP contribution is 2.37. The highest BCUT2D eigenvalue weighted by Gasteiger charge is 2.19. The summed E-state index contributed by atoms with van der Waals surface area (Å²) in [5.41, 5.74) is 0. The van der Waals surface area contributed by atoms with Crippen LogP contribution < -0.4 is 0 Å². The van der Waals surface area contributed by atoms with Crippen molar-refractivity contribution in [2.45, 2.75) is 58.5 Å². The van der Waals surface area contributed by atoms with Crippen molar-refractivity contribution in [3.05, 3.63) is 0 Å². The van der Waals surface area contributed by atoms with Crippen LogP contribution in [0.15, 0.2) is 0 Å². The molecular formula is C11H25O7P. The Kier molecular flexibility index (Phi) is 11.8. The van der Waals surface area contributed by atoms with Crippen molar-refractivity contribution in [2.75, 3.05) is 13.2 Å². The van der Waals surface area contributed by atoms with Gasteiger partial charge in [-0.25, -0.2) is 14.3 Å². The minimum absolute atomic E-state index is 0.123. The summed E-state index contributed by atoms with van der Waals surface area (Å²) >= 11 is 0. The molecule has 0 aliphatic rings. The highest BCUT2D eigenvalue weighted by molar-refractivity contribution is 7.46. The molecule has 0 rings (SSSR count). The summed E-state index contributed by atoms with van der Waals surface area (Å²) in [4.78, 5) is 26.4. The summed E-state index contributed by atoms with van der Waals surface area (Å²) in [6.07, 6.45) is 6.11. The molecule has 1 atom stereocenters. The van der Waals surface area contributed by atoms with Crippen LogP contribution in [0.2, 0.25) is 0 Å². The van der Waals surface area contributed by atoms with Gasteiger partial charge in [-0.1, -0.05) is 44.1 Å². The van der Waals surface area contributed by atoms with Crippen molar-refractivity contribution in [3.8, 4) is 0 Å². The summed E-state index contributed by atoms with van der Waals surface area (Å²) in [6.45, 7) is 3.93. The van der Waals surface area contributed by atoms with Gasteiger partial charge in [0.2, 0.25) is 0 Å². The average molecular weight is 300 g/mol. The Bertz CT molecular complexity index is 243. The Morgan fingerprint density at radius 3 is 2.32 bits per heavy atom. The van der Waals surface area contributed by atoms with E-state index in [4.69, 9.17) is 14.7 Å². The third-order valence-electron chi connectivity index (χ3n) is 2.30. The van der Waals surface area contributed by atoms with Crippen LogP contribution in [0.25, 0.3) is 0 Å². The molecule has 0 fully saturated rings. The van der Waals surface area contributed by atoms with E-state index in [1.165, 1.54) is 32.6 Å². The molecule has 2 N–H and O–H groups in total. The SMILES string of the molecule is CCCCCCCCOOOCC(C)OP(=O)(O)O. The largest absolute Gasteiger partial charge is 0.469 e. The first-order valence-corrected chi connectivity index (χ1v) is 8.13. The molecule has 0 bridgehead atoms. The number of hydrogen-bond donors (Lipinski definition) is 2. The van der Waals surface area contributed by atoms with E-state index in [1.807, 2.05) is 0 Å². The summed E-state index contributed by atoms with van der Waals surface area (Å²) in [6, 6.07) is 0. The molecule has 0 heterocycles. The summed E-state index contributed by atoms with van der Waals surface area (Å²) in [7, 11) is -4.48. The fourth-order valence-corrected chi connectivity index (χ4v) is 1.93. The van der Waals surface area contributed by atoms with E-state index in [-0.39, 0.29) is 6.61 Å². The van der Waals surface area contributed by atoms with Gasteiger partial charge in [-0.15, -0.1) is 0 Å². The van der Waals surface area contributed by atoms with Gasteiger partial charge in [0.1, 0.15) is 6.61 Å². The summed E-state index contributed by atoms with van der Waals surface area (Å²) in [5, 5.41) is 4.41. The minimum Gasteiger partial charge on any atom is -0.303 e. The lowest BCUT2D eigenvalue weighted by Crippen LogP contribution is -2.15. The predicted octanol–water partition coefficient (Wildman–Crippen LogP) is 2.72. The Morgan fingerprint density at radius 2 is 1.68 bits per heavy atom. The van der Waals surface area contributed by atoms with Gasteiger partial charge in [0, 0.05) is 0 Å². The zero-order valence-corrected chi connectivity index (χ0v) is 12.5. The second-order valence-corrected chi connectivity index (χ2v) is 5.54. The van der Waals surface area contributed by atoms with E-state index in [0.29, 0.717) is 6.61 Å². The van der Waals surface area contributed by atoms with E-state index in [2.05, 4.69) is 21.4 Å². The van der Waals surface area contributed by atoms with E-state index in [1.54, 1.807) is 0 Å². The molecule has 19 heavy (non-hydrogen) atoms. The summed E-state index contributed by atoms with van der Waals surface area (Å²) in [5.74, 6) is 0. The van der Waals surface area contributed by atoms with Crippen LogP contribution in [0.1, 0.15) is 52.4 Å². The van der Waals surface area contributed by atoms with Crippen LogP contribution in [0, 0.1) is 0 Å². The molecule has 0 radical (unpaired) electrons. The van der Waals surface area contributed by atoms with Crippen LogP contribution in [-0.2, 0) is 23.9 Å². The number of hydrogen-bond acceptors (Lipinski definition) is 5. The van der Waals surface area contributed by atoms with Crippen molar-refractivity contribution in [1.82, 2.24) is 0 Å². The standard InChI is InChI=1S/C11H25O7P/c1-3-4-5-6-7-8-9-15-18-16-10-11(2)17-19(12,13)14/h11H,3-10H2,1-2H3,(H2,12,13,14). The fraction of sp³-hybridized carbons (Fsp3) is 1.00. The van der Waals surface area contributed by atoms with Gasteiger partial charge in [0.05, 0.1) is 12.7 Å². The van der Waals surface area contributed by atoms with Gasteiger partial charge in [-0.05, 0) is 13.3 Å². The van der Waals surface area contributed by atoms with Crippen molar-refractivity contribution < 1.29 is 33.7 Å². The maximum Gasteiger partial charge on any atom is 0.469 e. The first-order valence-electron chi connectivity index (χ1n) is 6.60. The maximum absolute atomic E-state index is 10.5. The van der Waals surface area contributed by atoms with Crippen LogP contribution in [-0.4, -0.2) is 29.1 Å². The van der Waals surface area contributed by atoms with Crippen molar-refractivity contribution in [2.24, 2.45) is 0 Å². The molecule has 116 valence electrons. The smallest absolute Gasteiger partial charge is 0.303 e. The van der Waals surface area contributed by atoms with E-state index in [9.17, 15) is 4.57 Å². The highest BCUT2D eigenvalue weighted by atomic mass is 31.2. The molecule has 0 amide bonds. The Labute approximate surface area is 114 Å². The van der Waals surface area contributed by atoms with Crippen LogP contribution >= 0.6 is 7.82 Å². The molecular weight excluding hydrogens is 275 g/mol. The normalized spacial score (nSPS) is 13.7. The molecule has 0 saturated heterocycles. The second-order valence-electron chi connectivity index (χ2n) is 4.35. The van der Waals surface area contributed by atoms with Gasteiger partial charge in [0.25, 0.3) is 0 Å². The Morgan fingerprint density at radius 1 is 1.05 bits per heavy atom. The topological polar surface area (TPSA) is 94.5 Å². The molecule has 7 nitrogen and oxygen atoms in total. The van der Waals surface area contributed by atoms with E-state index in [0.717, 1.165) is 12.8 Å². The minimum atomic E-state index is -4.48. The quantitative estimate of drug-likeness (QED) is 0.234. The van der Waals surface area contributed by atoms with E-state index < -0.39 is 13.9 Å². The predicted molar refractivity (Wildman–Crippen MR) is 69.0 cm³/mol. The number of phosphoric ester groups is 1. The zero-order chi connectivity index (χ0) is 14.6. The van der Waals surface area contributed by atoms with E-state index >= 15 is 0 Å². The van der Waals surface area contributed by atoms with Gasteiger partial charge in [0.15, 0.2) is 0 Å². The van der Waals surface area contributed by atoms with Gasteiger partial charge < -0.3 is 9.79 Å². The third-order valence-corrected chi connectivity index (χ3v) is 2.93. The first kappa shape index (κ1) is 19.0. The van der Waals surface area contributed by atoms with Crippen LogP contribution in [0.3, 0.4) is 0 Å². The fourth-order valence-electron chi connectivity index (χ4n) is 1.40. The van der Waals surface area contributed by atoms with Crippen molar-refractivity contribution in [3.63, 3.8) is 0 Å². The van der Waals surface area contributed by atoms with Crippen LogP contribution in [0.4, 0.5) is 0 Å². The van der Waals surface area contributed by atoms with Crippen molar-refractivity contribution in [1.29, 1.82) is 0 Å². The summed E-state index contributed by atoms with van der Waals surface area (Å²) < 4.78 is 14.8. The number of phosphoric acid groups is 1. The molecule has 0 saturated carbocycles. The molecule has 0 aromatic heterocycles. The van der Waals surface area contributed by atoms with Gasteiger partial charge >= 0.3 is 7.82 Å². The molecule has 0 aliphatic heterocycles. The molecule has 0 aliphatic carbocycles. The first-order chi connectivity index (χ1) is 8.95. The Balaban J connectivity index is 3.20. The monoisotopic (exact) mass is 300 g/mol. The molecule has 0 aromatic carbocycles. The van der Waals surface area contributed by atoms with Crippen molar-refractivity contribution >= 4 is 7.82 Å². The van der Waals surface area contributed by atoms with Gasteiger partial charge in [-0.3, -0.25) is 4.52 Å². The third kappa shape index (κ3) is 15.9. The molecule has 0 spiro atoms. The number of unbranched alkanes of at least 4 members (excludes halogenated alkanes) is 5. The maximum atomic E-state index is 10.5. The number of rotatable bonds is 13. The lowest BCUT2D eigenvalue weighted by Gasteiger charge is -2.12. The Hall–Kier alpha value is -0.0100. The second kappa shape index (κ2) is 11.8. The van der Waals surface area contributed by atoms with Gasteiger partial charge in [-0.2, -0.15) is 0 Å². The lowest BCUT2D eigenvalue weighted by molar-refractivity contribution is -0.515. The average Bonchev–Trinajstić information content (AvgIpc) is 2.29. The van der Waals surface area contributed by atoms with Crippen LogP contribution in [0.5, 0.6) is 0 Å². The molecule has 1 unspecified atom stereocenters. The molecule has 0 aromatic rings.